The zero-order valence-electron chi connectivity index (χ0n) is 14.2. The molecule has 0 aliphatic heterocycles. The van der Waals surface area contributed by atoms with Gasteiger partial charge in [0.25, 0.3) is 5.91 Å². The highest BCUT2D eigenvalue weighted by atomic mass is 16.5. The molecular formula is C20H21N3O2. The fraction of sp³-hybridized carbons (Fsp3) is 0.200. The summed E-state index contributed by atoms with van der Waals surface area (Å²) in [5.74, 6) is 1.30. The molecule has 3 aromatic rings. The first-order valence-electron chi connectivity index (χ1n) is 8.32. The zero-order valence-corrected chi connectivity index (χ0v) is 14.2. The Labute approximate surface area is 147 Å². The fourth-order valence-corrected chi connectivity index (χ4v) is 2.54. The minimum absolute atomic E-state index is 0.0950. The lowest BCUT2D eigenvalue weighted by Crippen LogP contribution is -2.24. The standard InChI is InChI=1S/C20H21N3O2/c1-15-17(14-22-23-15)8-6-12-21-20(24)16-7-5-11-19(13-16)25-18-9-3-2-4-10-18/h2-5,7,9-11,13-14H,6,8,12H2,1H3,(H,21,24)(H,22,23). The van der Waals surface area contributed by atoms with Crippen LogP contribution in [0.25, 0.3) is 0 Å². The number of ether oxygens (including phenoxy) is 1. The maximum atomic E-state index is 12.3. The third-order valence-corrected chi connectivity index (χ3v) is 3.92. The van der Waals surface area contributed by atoms with Crippen LogP contribution in [0.4, 0.5) is 0 Å². The van der Waals surface area contributed by atoms with Crippen LogP contribution in [0.2, 0.25) is 0 Å². The summed E-state index contributed by atoms with van der Waals surface area (Å²) in [4.78, 5) is 12.3. The molecule has 0 saturated carbocycles. The molecule has 1 aromatic heterocycles. The predicted molar refractivity (Wildman–Crippen MR) is 96.9 cm³/mol. The molecule has 0 bridgehead atoms. The molecule has 128 valence electrons. The molecule has 3 rings (SSSR count). The molecule has 2 aromatic carbocycles. The lowest BCUT2D eigenvalue weighted by atomic mass is 10.1. The number of aryl methyl sites for hydroxylation is 2. The van der Waals surface area contributed by atoms with E-state index < -0.39 is 0 Å². The molecular weight excluding hydrogens is 314 g/mol. The van der Waals surface area contributed by atoms with Crippen molar-refractivity contribution in [2.45, 2.75) is 19.8 Å². The van der Waals surface area contributed by atoms with Gasteiger partial charge < -0.3 is 10.1 Å². The van der Waals surface area contributed by atoms with Crippen molar-refractivity contribution in [3.05, 3.63) is 77.6 Å². The number of aromatic amines is 1. The van der Waals surface area contributed by atoms with E-state index in [-0.39, 0.29) is 5.91 Å². The van der Waals surface area contributed by atoms with Crippen LogP contribution in [0.5, 0.6) is 11.5 Å². The second-order valence-electron chi connectivity index (χ2n) is 5.82. The number of carbonyl (C=O) groups excluding carboxylic acids is 1. The van der Waals surface area contributed by atoms with Crippen molar-refractivity contribution in [3.63, 3.8) is 0 Å². The van der Waals surface area contributed by atoms with Crippen molar-refractivity contribution in [2.75, 3.05) is 6.54 Å². The minimum atomic E-state index is -0.0950. The monoisotopic (exact) mass is 335 g/mol. The topological polar surface area (TPSA) is 67.0 Å². The molecule has 5 heteroatoms. The summed E-state index contributed by atoms with van der Waals surface area (Å²) in [5.41, 5.74) is 2.86. The van der Waals surface area contributed by atoms with Gasteiger partial charge in [0.1, 0.15) is 11.5 Å². The van der Waals surface area contributed by atoms with Crippen LogP contribution in [0.3, 0.4) is 0 Å². The first-order chi connectivity index (χ1) is 12.2. The van der Waals surface area contributed by atoms with E-state index in [1.165, 1.54) is 5.56 Å². The van der Waals surface area contributed by atoms with Crippen molar-refractivity contribution >= 4 is 5.91 Å². The Morgan fingerprint density at radius 3 is 2.68 bits per heavy atom. The highest BCUT2D eigenvalue weighted by molar-refractivity contribution is 5.94. The predicted octanol–water partition coefficient (Wildman–Crippen LogP) is 3.87. The van der Waals surface area contributed by atoms with E-state index in [9.17, 15) is 4.79 Å². The van der Waals surface area contributed by atoms with E-state index in [4.69, 9.17) is 4.74 Å². The molecule has 1 amide bonds. The molecule has 1 heterocycles. The van der Waals surface area contributed by atoms with Crippen LogP contribution in [0.1, 0.15) is 28.0 Å². The van der Waals surface area contributed by atoms with Crippen LogP contribution in [0, 0.1) is 6.92 Å². The highest BCUT2D eigenvalue weighted by Gasteiger charge is 2.07. The Kier molecular flexibility index (Phi) is 5.46. The Balaban J connectivity index is 1.52. The molecule has 2 N–H and O–H groups in total. The van der Waals surface area contributed by atoms with Gasteiger partial charge in [-0.05, 0) is 55.7 Å². The fourth-order valence-electron chi connectivity index (χ4n) is 2.54. The van der Waals surface area contributed by atoms with Gasteiger partial charge in [0, 0.05) is 17.8 Å². The number of benzene rings is 2. The van der Waals surface area contributed by atoms with Gasteiger partial charge in [-0.3, -0.25) is 9.89 Å². The summed E-state index contributed by atoms with van der Waals surface area (Å²) >= 11 is 0. The average Bonchev–Trinajstić information content (AvgIpc) is 3.04. The first-order valence-corrected chi connectivity index (χ1v) is 8.32. The second-order valence-corrected chi connectivity index (χ2v) is 5.82. The van der Waals surface area contributed by atoms with Crippen LogP contribution >= 0.6 is 0 Å². The van der Waals surface area contributed by atoms with Crippen molar-refractivity contribution in [3.8, 4) is 11.5 Å². The molecule has 0 radical (unpaired) electrons. The lowest BCUT2D eigenvalue weighted by Gasteiger charge is -2.08. The maximum Gasteiger partial charge on any atom is 0.251 e. The molecule has 0 saturated heterocycles. The summed E-state index contributed by atoms with van der Waals surface area (Å²) < 4.78 is 5.77. The number of nitrogens with one attached hydrogen (secondary N) is 2. The lowest BCUT2D eigenvalue weighted by molar-refractivity contribution is 0.0953. The summed E-state index contributed by atoms with van der Waals surface area (Å²) in [6, 6.07) is 16.7. The Bertz CT molecular complexity index is 828. The number of H-pyrrole nitrogens is 1. The average molecular weight is 335 g/mol. The van der Waals surface area contributed by atoms with Gasteiger partial charge in [-0.1, -0.05) is 24.3 Å². The first kappa shape index (κ1) is 16.8. The summed E-state index contributed by atoms with van der Waals surface area (Å²) in [6.45, 7) is 2.62. The minimum Gasteiger partial charge on any atom is -0.457 e. The van der Waals surface area contributed by atoms with Crippen molar-refractivity contribution in [1.82, 2.24) is 15.5 Å². The molecule has 5 nitrogen and oxygen atoms in total. The molecule has 0 spiro atoms. The van der Waals surface area contributed by atoms with E-state index in [1.807, 2.05) is 55.6 Å². The van der Waals surface area contributed by atoms with Crippen LogP contribution in [0.15, 0.2) is 60.8 Å². The third kappa shape index (κ3) is 4.70. The van der Waals surface area contributed by atoms with E-state index >= 15 is 0 Å². The Morgan fingerprint density at radius 2 is 1.92 bits per heavy atom. The molecule has 0 aliphatic carbocycles. The van der Waals surface area contributed by atoms with Gasteiger partial charge in [-0.2, -0.15) is 5.10 Å². The van der Waals surface area contributed by atoms with Crippen molar-refractivity contribution < 1.29 is 9.53 Å². The maximum absolute atomic E-state index is 12.3. The number of para-hydroxylation sites is 1. The van der Waals surface area contributed by atoms with Crippen LogP contribution in [-0.4, -0.2) is 22.6 Å². The smallest absolute Gasteiger partial charge is 0.251 e. The van der Waals surface area contributed by atoms with E-state index in [2.05, 4.69) is 15.5 Å². The van der Waals surface area contributed by atoms with Gasteiger partial charge in [0.2, 0.25) is 0 Å². The van der Waals surface area contributed by atoms with Crippen LogP contribution < -0.4 is 10.1 Å². The zero-order chi connectivity index (χ0) is 17.5. The van der Waals surface area contributed by atoms with Crippen molar-refractivity contribution in [2.24, 2.45) is 0 Å². The summed E-state index contributed by atoms with van der Waals surface area (Å²) in [6.07, 6.45) is 3.59. The van der Waals surface area contributed by atoms with Crippen LogP contribution in [-0.2, 0) is 6.42 Å². The second kappa shape index (κ2) is 8.15. The number of carbonyl (C=O) groups is 1. The largest absolute Gasteiger partial charge is 0.457 e. The number of aromatic nitrogens is 2. The number of amides is 1. The van der Waals surface area contributed by atoms with Gasteiger partial charge >= 0.3 is 0 Å². The normalized spacial score (nSPS) is 10.4. The highest BCUT2D eigenvalue weighted by Crippen LogP contribution is 2.21. The SMILES string of the molecule is Cc1[nH]ncc1CCCNC(=O)c1cccc(Oc2ccccc2)c1. The van der Waals surface area contributed by atoms with Gasteiger partial charge in [-0.15, -0.1) is 0 Å². The molecule has 0 atom stereocenters. The number of nitrogens with zero attached hydrogens (tertiary/aromatic N) is 1. The molecule has 25 heavy (non-hydrogen) atoms. The quantitative estimate of drug-likeness (QED) is 0.644. The van der Waals surface area contributed by atoms with Crippen molar-refractivity contribution in [1.29, 1.82) is 0 Å². The number of hydrogen-bond acceptors (Lipinski definition) is 3. The summed E-state index contributed by atoms with van der Waals surface area (Å²) in [7, 11) is 0. The Morgan fingerprint density at radius 1 is 1.12 bits per heavy atom. The molecule has 0 unspecified atom stereocenters. The van der Waals surface area contributed by atoms with E-state index in [0.717, 1.165) is 24.3 Å². The van der Waals surface area contributed by atoms with Gasteiger partial charge in [0.05, 0.1) is 6.20 Å². The van der Waals surface area contributed by atoms with E-state index in [1.54, 1.807) is 12.1 Å². The number of hydrogen-bond donors (Lipinski definition) is 2. The van der Waals surface area contributed by atoms with E-state index in [0.29, 0.717) is 17.9 Å². The number of rotatable bonds is 7. The molecule has 0 fully saturated rings. The molecule has 0 aliphatic rings. The van der Waals surface area contributed by atoms with Gasteiger partial charge in [-0.25, -0.2) is 0 Å². The summed E-state index contributed by atoms with van der Waals surface area (Å²) in [5, 5.41) is 9.87. The van der Waals surface area contributed by atoms with Gasteiger partial charge in [0.15, 0.2) is 0 Å². The third-order valence-electron chi connectivity index (χ3n) is 3.92. The Hall–Kier alpha value is -3.08.